The summed E-state index contributed by atoms with van der Waals surface area (Å²) >= 11 is 0. The Morgan fingerprint density at radius 1 is 1.35 bits per heavy atom. The van der Waals surface area contributed by atoms with Crippen LogP contribution < -0.4 is 5.32 Å². The Bertz CT molecular complexity index is 540. The van der Waals surface area contributed by atoms with E-state index in [4.69, 9.17) is 4.52 Å². The molecular weight excluding hydrogens is 252 g/mol. The Balaban J connectivity index is 1.59. The lowest BCUT2D eigenvalue weighted by Crippen LogP contribution is -2.48. The zero-order chi connectivity index (χ0) is 13.8. The van der Waals surface area contributed by atoms with Crippen molar-refractivity contribution in [2.45, 2.75) is 25.9 Å². The first kappa shape index (κ1) is 13.3. The second-order valence-corrected chi connectivity index (χ2v) is 5.36. The minimum atomic E-state index is 0.524. The Labute approximate surface area is 119 Å². The predicted molar refractivity (Wildman–Crippen MR) is 76.3 cm³/mol. The number of hydrogen-bond donors (Lipinski definition) is 1. The molecule has 1 aliphatic heterocycles. The quantitative estimate of drug-likeness (QED) is 0.913. The first-order chi connectivity index (χ1) is 9.79. The molecule has 1 aliphatic rings. The second-order valence-electron chi connectivity index (χ2n) is 5.36. The van der Waals surface area contributed by atoms with Crippen molar-refractivity contribution in [3.8, 4) is 0 Å². The van der Waals surface area contributed by atoms with E-state index in [2.05, 4.69) is 39.4 Å². The zero-order valence-electron chi connectivity index (χ0n) is 11.7. The van der Waals surface area contributed by atoms with E-state index in [9.17, 15) is 0 Å². The van der Waals surface area contributed by atoms with Crippen molar-refractivity contribution in [3.05, 3.63) is 47.6 Å². The van der Waals surface area contributed by atoms with Gasteiger partial charge in [0.05, 0.1) is 6.54 Å². The third-order valence-electron chi connectivity index (χ3n) is 3.53. The number of nitrogens with one attached hydrogen (secondary N) is 1. The van der Waals surface area contributed by atoms with Crippen molar-refractivity contribution in [2.75, 3.05) is 19.6 Å². The van der Waals surface area contributed by atoms with E-state index in [1.165, 1.54) is 5.56 Å². The standard InChI is InChI=1S/C15H20N4O/c1-12-10-19(8-7-16-12)11-15-17-14(18-20-15)9-13-5-3-2-4-6-13/h2-6,12,16H,7-11H2,1H3. The Morgan fingerprint density at radius 3 is 3.00 bits per heavy atom. The maximum atomic E-state index is 5.35. The van der Waals surface area contributed by atoms with Crippen LogP contribution in [-0.4, -0.2) is 40.7 Å². The molecular formula is C15H20N4O. The molecule has 2 heterocycles. The van der Waals surface area contributed by atoms with Crippen LogP contribution in [0.5, 0.6) is 0 Å². The highest BCUT2D eigenvalue weighted by Crippen LogP contribution is 2.09. The van der Waals surface area contributed by atoms with E-state index in [0.717, 1.165) is 38.4 Å². The molecule has 1 fully saturated rings. The minimum absolute atomic E-state index is 0.524. The molecule has 5 heteroatoms. The topological polar surface area (TPSA) is 54.2 Å². The zero-order valence-corrected chi connectivity index (χ0v) is 11.7. The molecule has 0 spiro atoms. The Morgan fingerprint density at radius 2 is 2.20 bits per heavy atom. The van der Waals surface area contributed by atoms with Gasteiger partial charge < -0.3 is 9.84 Å². The van der Waals surface area contributed by atoms with Gasteiger partial charge in [-0.3, -0.25) is 4.90 Å². The summed E-state index contributed by atoms with van der Waals surface area (Å²) in [7, 11) is 0. The molecule has 0 saturated carbocycles. The van der Waals surface area contributed by atoms with Gasteiger partial charge in [-0.2, -0.15) is 4.98 Å². The molecule has 0 bridgehead atoms. The van der Waals surface area contributed by atoms with Crippen molar-refractivity contribution in [1.82, 2.24) is 20.4 Å². The van der Waals surface area contributed by atoms with Gasteiger partial charge in [-0.1, -0.05) is 35.5 Å². The molecule has 5 nitrogen and oxygen atoms in total. The molecule has 1 N–H and O–H groups in total. The van der Waals surface area contributed by atoms with Gasteiger partial charge in [-0.15, -0.1) is 0 Å². The Kier molecular flexibility index (Phi) is 4.08. The van der Waals surface area contributed by atoms with Crippen LogP contribution in [0.2, 0.25) is 0 Å². The molecule has 2 aromatic rings. The molecule has 1 aromatic carbocycles. The monoisotopic (exact) mass is 272 g/mol. The minimum Gasteiger partial charge on any atom is -0.338 e. The second kappa shape index (κ2) is 6.15. The normalized spacial score (nSPS) is 20.1. The largest absolute Gasteiger partial charge is 0.338 e. The molecule has 1 aromatic heterocycles. The van der Waals surface area contributed by atoms with E-state index in [-0.39, 0.29) is 0 Å². The van der Waals surface area contributed by atoms with Crippen LogP contribution in [0.15, 0.2) is 34.9 Å². The van der Waals surface area contributed by atoms with Gasteiger partial charge in [0, 0.05) is 32.1 Å². The van der Waals surface area contributed by atoms with Gasteiger partial charge in [0.2, 0.25) is 5.89 Å². The summed E-state index contributed by atoms with van der Waals surface area (Å²) in [4.78, 5) is 6.83. The van der Waals surface area contributed by atoms with Gasteiger partial charge in [-0.05, 0) is 12.5 Å². The van der Waals surface area contributed by atoms with Crippen molar-refractivity contribution in [1.29, 1.82) is 0 Å². The number of aromatic nitrogens is 2. The van der Waals surface area contributed by atoms with E-state index in [0.29, 0.717) is 11.9 Å². The highest BCUT2D eigenvalue weighted by atomic mass is 16.5. The van der Waals surface area contributed by atoms with Crippen LogP contribution in [-0.2, 0) is 13.0 Å². The third kappa shape index (κ3) is 3.43. The number of rotatable bonds is 4. The summed E-state index contributed by atoms with van der Waals surface area (Å²) in [6.45, 7) is 6.01. The summed E-state index contributed by atoms with van der Waals surface area (Å²) < 4.78 is 5.35. The van der Waals surface area contributed by atoms with Crippen molar-refractivity contribution in [2.24, 2.45) is 0 Å². The lowest BCUT2D eigenvalue weighted by molar-refractivity contribution is 0.177. The lowest BCUT2D eigenvalue weighted by atomic mass is 10.1. The van der Waals surface area contributed by atoms with E-state index in [1.807, 2.05) is 18.2 Å². The summed E-state index contributed by atoms with van der Waals surface area (Å²) in [6, 6.07) is 10.7. The van der Waals surface area contributed by atoms with E-state index < -0.39 is 0 Å². The predicted octanol–water partition coefficient (Wildman–Crippen LogP) is 1.45. The fourth-order valence-electron chi connectivity index (χ4n) is 2.55. The van der Waals surface area contributed by atoms with Crippen LogP contribution in [0, 0.1) is 0 Å². The Hall–Kier alpha value is -1.72. The lowest BCUT2D eigenvalue weighted by Gasteiger charge is -2.30. The van der Waals surface area contributed by atoms with Crippen LogP contribution in [0.25, 0.3) is 0 Å². The summed E-state index contributed by atoms with van der Waals surface area (Å²) in [6.07, 6.45) is 0.725. The fourth-order valence-corrected chi connectivity index (χ4v) is 2.55. The van der Waals surface area contributed by atoms with Gasteiger partial charge in [0.15, 0.2) is 5.82 Å². The smallest absolute Gasteiger partial charge is 0.240 e. The maximum absolute atomic E-state index is 5.35. The van der Waals surface area contributed by atoms with Crippen LogP contribution in [0.3, 0.4) is 0 Å². The third-order valence-corrected chi connectivity index (χ3v) is 3.53. The molecule has 3 rings (SSSR count). The number of hydrogen-bond acceptors (Lipinski definition) is 5. The highest BCUT2D eigenvalue weighted by Gasteiger charge is 2.18. The number of benzene rings is 1. The van der Waals surface area contributed by atoms with E-state index >= 15 is 0 Å². The van der Waals surface area contributed by atoms with Gasteiger partial charge >= 0.3 is 0 Å². The molecule has 0 aliphatic carbocycles. The summed E-state index contributed by atoms with van der Waals surface area (Å²) in [5, 5.41) is 7.49. The molecule has 1 atom stereocenters. The van der Waals surface area contributed by atoms with E-state index in [1.54, 1.807) is 0 Å². The molecule has 0 amide bonds. The number of piperazine rings is 1. The van der Waals surface area contributed by atoms with Crippen molar-refractivity contribution >= 4 is 0 Å². The SMILES string of the molecule is CC1CN(Cc2nc(Cc3ccccc3)no2)CCN1. The number of nitrogens with zero attached hydrogens (tertiary/aromatic N) is 3. The van der Waals surface area contributed by atoms with Gasteiger partial charge in [0.1, 0.15) is 0 Å². The van der Waals surface area contributed by atoms with Gasteiger partial charge in [-0.25, -0.2) is 0 Å². The molecule has 106 valence electrons. The van der Waals surface area contributed by atoms with Crippen molar-refractivity contribution < 1.29 is 4.52 Å². The molecule has 0 radical (unpaired) electrons. The van der Waals surface area contributed by atoms with Crippen LogP contribution in [0.4, 0.5) is 0 Å². The molecule has 20 heavy (non-hydrogen) atoms. The maximum Gasteiger partial charge on any atom is 0.240 e. The first-order valence-corrected chi connectivity index (χ1v) is 7.11. The summed E-state index contributed by atoms with van der Waals surface area (Å²) in [5.74, 6) is 1.47. The van der Waals surface area contributed by atoms with Crippen LogP contribution >= 0.6 is 0 Å². The average molecular weight is 272 g/mol. The molecule has 1 saturated heterocycles. The van der Waals surface area contributed by atoms with Gasteiger partial charge in [0.25, 0.3) is 0 Å². The fraction of sp³-hybridized carbons (Fsp3) is 0.467. The highest BCUT2D eigenvalue weighted by molar-refractivity contribution is 5.18. The van der Waals surface area contributed by atoms with Crippen LogP contribution in [0.1, 0.15) is 24.2 Å². The average Bonchev–Trinajstić information content (AvgIpc) is 2.87. The van der Waals surface area contributed by atoms with Crippen molar-refractivity contribution in [3.63, 3.8) is 0 Å². The first-order valence-electron chi connectivity index (χ1n) is 7.11. The summed E-state index contributed by atoms with van der Waals surface area (Å²) in [5.41, 5.74) is 1.20. The molecule has 1 unspecified atom stereocenters.